The molecular formula is C21H16F3N5O3. The van der Waals surface area contributed by atoms with Crippen LogP contribution in [-0.2, 0) is 6.18 Å². The van der Waals surface area contributed by atoms with Crippen LogP contribution in [0.15, 0.2) is 53.5 Å². The van der Waals surface area contributed by atoms with Crippen LogP contribution in [0.3, 0.4) is 0 Å². The quantitative estimate of drug-likeness (QED) is 0.501. The number of ether oxygens (including phenoxy) is 1. The van der Waals surface area contributed by atoms with Crippen molar-refractivity contribution in [2.45, 2.75) is 13.1 Å². The standard InChI is InChI=1S/C21H16F3N5O3/c1-11-14(18(30)27-13-9-6-10-25-19(13)32-2)20(31)29-17(26-11)15(12-7-4-3-5-8-12)16(28-29)21(22,23)24/h3-10,28H,1-2H3,(H,27,30). The summed E-state index contributed by atoms with van der Waals surface area (Å²) < 4.78 is 47.0. The zero-order valence-electron chi connectivity index (χ0n) is 16.8. The third-order valence-corrected chi connectivity index (χ3v) is 4.75. The minimum absolute atomic E-state index is 0.0275. The molecule has 4 rings (SSSR count). The lowest BCUT2D eigenvalue weighted by Gasteiger charge is -2.10. The summed E-state index contributed by atoms with van der Waals surface area (Å²) in [6.45, 7) is 1.38. The third kappa shape index (κ3) is 3.57. The number of rotatable bonds is 4. The number of fused-ring (bicyclic) bond motifs is 1. The topological polar surface area (TPSA) is 101 Å². The predicted octanol–water partition coefficient (Wildman–Crippen LogP) is 3.67. The molecule has 4 aromatic rings. The van der Waals surface area contributed by atoms with E-state index < -0.39 is 28.9 Å². The number of halogens is 3. The molecule has 164 valence electrons. The molecular weight excluding hydrogens is 427 g/mol. The molecule has 8 nitrogen and oxygen atoms in total. The molecule has 11 heteroatoms. The van der Waals surface area contributed by atoms with Crippen LogP contribution >= 0.6 is 0 Å². The number of amides is 1. The molecule has 0 unspecified atom stereocenters. The van der Waals surface area contributed by atoms with Crippen LogP contribution in [-0.4, -0.2) is 32.6 Å². The van der Waals surface area contributed by atoms with Gasteiger partial charge < -0.3 is 10.1 Å². The number of methoxy groups -OCH3 is 1. The Bertz CT molecular complexity index is 1380. The Hall–Kier alpha value is -4.15. The van der Waals surface area contributed by atoms with Crippen molar-refractivity contribution in [3.8, 4) is 17.0 Å². The fourth-order valence-corrected chi connectivity index (χ4v) is 3.36. The van der Waals surface area contributed by atoms with Crippen LogP contribution in [0.4, 0.5) is 18.9 Å². The normalized spacial score (nSPS) is 11.5. The molecule has 0 aliphatic carbocycles. The van der Waals surface area contributed by atoms with Crippen LogP contribution in [0, 0.1) is 6.92 Å². The number of benzene rings is 1. The van der Waals surface area contributed by atoms with E-state index in [4.69, 9.17) is 4.74 Å². The summed E-state index contributed by atoms with van der Waals surface area (Å²) in [5.74, 6) is -0.747. The molecule has 32 heavy (non-hydrogen) atoms. The molecule has 2 N–H and O–H groups in total. The van der Waals surface area contributed by atoms with Crippen LogP contribution in [0.2, 0.25) is 0 Å². The SMILES string of the molecule is COc1ncccc1NC(=O)c1c(C)nc2c(-c3ccccc3)c(C(F)(F)F)[nH]n2c1=O. The number of alkyl halides is 3. The third-order valence-electron chi connectivity index (χ3n) is 4.75. The number of nitrogens with zero attached hydrogens (tertiary/aromatic N) is 3. The lowest BCUT2D eigenvalue weighted by molar-refractivity contribution is -0.140. The number of aromatic nitrogens is 4. The first kappa shape index (κ1) is 21.1. The lowest BCUT2D eigenvalue weighted by Crippen LogP contribution is -2.29. The molecule has 0 bridgehead atoms. The smallest absolute Gasteiger partial charge is 0.433 e. The van der Waals surface area contributed by atoms with Gasteiger partial charge in [-0.15, -0.1) is 0 Å². The number of H-pyrrole nitrogens is 1. The molecule has 0 atom stereocenters. The number of aromatic amines is 1. The fraction of sp³-hybridized carbons (Fsp3) is 0.143. The van der Waals surface area contributed by atoms with Gasteiger partial charge in [-0.1, -0.05) is 30.3 Å². The van der Waals surface area contributed by atoms with Crippen molar-refractivity contribution < 1.29 is 22.7 Å². The molecule has 1 aromatic carbocycles. The maximum Gasteiger partial charge on any atom is 0.433 e. The summed E-state index contributed by atoms with van der Waals surface area (Å²) in [5, 5.41) is 4.57. The summed E-state index contributed by atoms with van der Waals surface area (Å²) in [4.78, 5) is 34.0. The average Bonchev–Trinajstić information content (AvgIpc) is 3.15. The fourth-order valence-electron chi connectivity index (χ4n) is 3.36. The largest absolute Gasteiger partial charge is 0.480 e. The van der Waals surface area contributed by atoms with Crippen molar-refractivity contribution in [1.29, 1.82) is 0 Å². The summed E-state index contributed by atoms with van der Waals surface area (Å²) in [6.07, 6.45) is -3.34. The highest BCUT2D eigenvalue weighted by atomic mass is 19.4. The Morgan fingerprint density at radius 3 is 2.53 bits per heavy atom. The second-order valence-corrected chi connectivity index (χ2v) is 6.78. The Morgan fingerprint density at radius 2 is 1.88 bits per heavy atom. The van der Waals surface area contributed by atoms with Crippen molar-refractivity contribution in [3.05, 3.63) is 76.0 Å². The van der Waals surface area contributed by atoms with Crippen molar-refractivity contribution in [1.82, 2.24) is 19.6 Å². The van der Waals surface area contributed by atoms with Gasteiger partial charge in [0.1, 0.15) is 16.9 Å². The number of nitrogens with one attached hydrogen (secondary N) is 2. The van der Waals surface area contributed by atoms with Crippen LogP contribution in [0.5, 0.6) is 5.88 Å². The highest BCUT2D eigenvalue weighted by Crippen LogP contribution is 2.38. The van der Waals surface area contributed by atoms with E-state index in [0.29, 0.717) is 4.52 Å². The number of hydrogen-bond acceptors (Lipinski definition) is 5. The van der Waals surface area contributed by atoms with Crippen LogP contribution < -0.4 is 15.6 Å². The summed E-state index contributed by atoms with van der Waals surface area (Å²) in [7, 11) is 1.36. The second kappa shape index (κ2) is 7.84. The van der Waals surface area contributed by atoms with E-state index in [0.717, 1.165) is 0 Å². The highest BCUT2D eigenvalue weighted by molar-refractivity contribution is 6.05. The average molecular weight is 443 g/mol. The van der Waals surface area contributed by atoms with Crippen LogP contribution in [0.25, 0.3) is 16.8 Å². The van der Waals surface area contributed by atoms with Crippen molar-refractivity contribution >= 4 is 17.2 Å². The molecule has 0 radical (unpaired) electrons. The maximum atomic E-state index is 13.8. The minimum Gasteiger partial charge on any atom is -0.480 e. The van der Waals surface area contributed by atoms with E-state index in [1.807, 2.05) is 0 Å². The van der Waals surface area contributed by atoms with Crippen LogP contribution in [0.1, 0.15) is 21.7 Å². The zero-order chi connectivity index (χ0) is 23.0. The summed E-state index contributed by atoms with van der Waals surface area (Å²) in [5.41, 5.74) is -2.65. The highest BCUT2D eigenvalue weighted by Gasteiger charge is 2.38. The number of anilines is 1. The number of carbonyl (C=O) groups is 1. The lowest BCUT2D eigenvalue weighted by atomic mass is 10.1. The van der Waals surface area contributed by atoms with Gasteiger partial charge in [0.15, 0.2) is 5.65 Å². The molecule has 0 spiro atoms. The summed E-state index contributed by atoms with van der Waals surface area (Å²) >= 11 is 0. The number of carbonyl (C=O) groups excluding carboxylic acids is 1. The van der Waals surface area contributed by atoms with Gasteiger partial charge >= 0.3 is 6.18 Å². The molecule has 3 heterocycles. The van der Waals surface area contributed by atoms with Gasteiger partial charge in [-0.05, 0) is 24.6 Å². The molecule has 0 saturated heterocycles. The first-order valence-corrected chi connectivity index (χ1v) is 9.30. The van der Waals surface area contributed by atoms with Gasteiger partial charge in [-0.25, -0.2) is 9.97 Å². The Kier molecular flexibility index (Phi) is 5.17. The zero-order valence-corrected chi connectivity index (χ0v) is 16.8. The molecule has 0 fully saturated rings. The number of hydrogen-bond donors (Lipinski definition) is 2. The summed E-state index contributed by atoms with van der Waals surface area (Å²) in [6, 6.07) is 10.8. The van der Waals surface area contributed by atoms with E-state index in [2.05, 4.69) is 20.4 Å². The van der Waals surface area contributed by atoms with E-state index in [1.54, 1.807) is 24.3 Å². The van der Waals surface area contributed by atoms with Gasteiger partial charge in [-0.3, -0.25) is 14.7 Å². The molecule has 0 aliphatic heterocycles. The first-order chi connectivity index (χ1) is 15.2. The van der Waals surface area contributed by atoms with Crippen molar-refractivity contribution in [2.24, 2.45) is 0 Å². The van der Waals surface area contributed by atoms with Gasteiger partial charge in [0.05, 0.1) is 18.4 Å². The minimum atomic E-state index is -4.79. The van der Waals surface area contributed by atoms with E-state index in [-0.39, 0.29) is 34.0 Å². The molecule has 3 aromatic heterocycles. The Balaban J connectivity index is 1.91. The predicted molar refractivity (Wildman–Crippen MR) is 110 cm³/mol. The number of aryl methyl sites for hydroxylation is 1. The molecule has 1 amide bonds. The van der Waals surface area contributed by atoms with Gasteiger partial charge in [0.25, 0.3) is 11.5 Å². The Labute approximate surface area is 178 Å². The van der Waals surface area contributed by atoms with E-state index in [1.165, 1.54) is 38.4 Å². The first-order valence-electron chi connectivity index (χ1n) is 9.30. The second-order valence-electron chi connectivity index (χ2n) is 6.78. The number of pyridine rings is 1. The van der Waals surface area contributed by atoms with E-state index >= 15 is 0 Å². The van der Waals surface area contributed by atoms with Crippen molar-refractivity contribution in [3.63, 3.8) is 0 Å². The van der Waals surface area contributed by atoms with Gasteiger partial charge in [0.2, 0.25) is 5.88 Å². The molecule has 0 aliphatic rings. The van der Waals surface area contributed by atoms with Gasteiger partial charge in [0, 0.05) is 6.20 Å². The maximum absolute atomic E-state index is 13.8. The van der Waals surface area contributed by atoms with Gasteiger partial charge in [-0.2, -0.15) is 17.7 Å². The Morgan fingerprint density at radius 1 is 1.16 bits per heavy atom. The van der Waals surface area contributed by atoms with Crippen molar-refractivity contribution in [2.75, 3.05) is 12.4 Å². The molecule has 0 saturated carbocycles. The van der Waals surface area contributed by atoms with E-state index in [9.17, 15) is 22.8 Å². The monoisotopic (exact) mass is 443 g/mol.